The smallest absolute Gasteiger partial charge is 0.232 e. The summed E-state index contributed by atoms with van der Waals surface area (Å²) in [5, 5.41) is 6.58. The zero-order chi connectivity index (χ0) is 20.3. The lowest BCUT2D eigenvalue weighted by atomic mass is 10.3. The molecule has 5 heterocycles. The summed E-state index contributed by atoms with van der Waals surface area (Å²) in [5.74, 6) is 3.22. The fourth-order valence-electron chi connectivity index (χ4n) is 3.51. The van der Waals surface area contributed by atoms with Crippen LogP contribution in [0.5, 0.6) is 5.88 Å². The van der Waals surface area contributed by atoms with Crippen LogP contribution in [0.4, 0.5) is 29.1 Å². The van der Waals surface area contributed by atoms with Crippen LogP contribution in [0.15, 0.2) is 55.0 Å². The van der Waals surface area contributed by atoms with E-state index in [1.165, 1.54) is 12.8 Å². The van der Waals surface area contributed by atoms with Gasteiger partial charge >= 0.3 is 0 Å². The van der Waals surface area contributed by atoms with Gasteiger partial charge in [0, 0.05) is 55.6 Å². The molecular formula is C21H22N8O. The second kappa shape index (κ2) is 7.86. The van der Waals surface area contributed by atoms with E-state index in [9.17, 15) is 0 Å². The number of hydrogen-bond donors (Lipinski definition) is 2. The molecule has 1 fully saturated rings. The van der Waals surface area contributed by atoms with Gasteiger partial charge in [0.2, 0.25) is 11.8 Å². The summed E-state index contributed by atoms with van der Waals surface area (Å²) in [4.78, 5) is 20.4. The van der Waals surface area contributed by atoms with E-state index in [1.807, 2.05) is 47.1 Å². The molecule has 0 saturated carbocycles. The van der Waals surface area contributed by atoms with Crippen molar-refractivity contribution in [3.05, 3.63) is 55.0 Å². The monoisotopic (exact) mass is 402 g/mol. The van der Waals surface area contributed by atoms with Crippen molar-refractivity contribution in [1.82, 2.24) is 24.3 Å². The summed E-state index contributed by atoms with van der Waals surface area (Å²) in [5.41, 5.74) is 1.78. The van der Waals surface area contributed by atoms with E-state index in [4.69, 9.17) is 9.72 Å². The second-order valence-corrected chi connectivity index (χ2v) is 7.05. The summed E-state index contributed by atoms with van der Waals surface area (Å²) in [6, 6.07) is 11.5. The van der Waals surface area contributed by atoms with Gasteiger partial charge < -0.3 is 24.7 Å². The maximum Gasteiger partial charge on any atom is 0.232 e. The Morgan fingerprint density at radius 2 is 1.83 bits per heavy atom. The van der Waals surface area contributed by atoms with Crippen LogP contribution in [0.1, 0.15) is 12.8 Å². The van der Waals surface area contributed by atoms with Crippen molar-refractivity contribution >= 4 is 34.7 Å². The zero-order valence-corrected chi connectivity index (χ0v) is 16.6. The molecule has 9 heteroatoms. The number of anilines is 5. The Hall–Kier alpha value is -3.88. The SMILES string of the molecule is COc1cccc(Nc2nc(Nc3ccn4ccnc4c3)cc(N3CCCC3)n2)n1. The first-order valence-electron chi connectivity index (χ1n) is 9.89. The largest absolute Gasteiger partial charge is 0.481 e. The lowest BCUT2D eigenvalue weighted by Crippen LogP contribution is -2.20. The summed E-state index contributed by atoms with van der Waals surface area (Å²) in [6.07, 6.45) is 8.00. The number of nitrogens with one attached hydrogen (secondary N) is 2. The molecule has 0 bridgehead atoms. The predicted molar refractivity (Wildman–Crippen MR) is 116 cm³/mol. The molecule has 0 amide bonds. The molecule has 0 unspecified atom stereocenters. The lowest BCUT2D eigenvalue weighted by Gasteiger charge is -2.18. The molecule has 1 aliphatic rings. The Morgan fingerprint density at radius 1 is 0.933 bits per heavy atom. The number of ether oxygens (including phenoxy) is 1. The minimum Gasteiger partial charge on any atom is -0.481 e. The van der Waals surface area contributed by atoms with Gasteiger partial charge in [0.15, 0.2) is 0 Å². The van der Waals surface area contributed by atoms with Crippen molar-refractivity contribution in [1.29, 1.82) is 0 Å². The molecule has 0 radical (unpaired) electrons. The van der Waals surface area contributed by atoms with Gasteiger partial charge in [0.1, 0.15) is 23.1 Å². The minimum absolute atomic E-state index is 0.476. The van der Waals surface area contributed by atoms with Gasteiger partial charge in [-0.1, -0.05) is 6.07 Å². The van der Waals surface area contributed by atoms with Gasteiger partial charge in [-0.15, -0.1) is 0 Å². The van der Waals surface area contributed by atoms with Gasteiger partial charge in [-0.3, -0.25) is 0 Å². The van der Waals surface area contributed by atoms with Gasteiger partial charge in [-0.05, 0) is 25.0 Å². The molecule has 1 saturated heterocycles. The van der Waals surface area contributed by atoms with Crippen molar-refractivity contribution in [2.45, 2.75) is 12.8 Å². The molecule has 4 aromatic heterocycles. The Kier molecular flexibility index (Phi) is 4.76. The standard InChI is InChI=1S/C21H22N8O/c1-30-20-6-4-5-16(24-20)25-21-26-17(14-19(27-21)28-9-2-3-10-28)23-15-7-11-29-12-8-22-18(29)13-15/h4-8,11-14H,2-3,9-10H2,1H3,(H2,23,24,25,26,27). The topological polar surface area (TPSA) is 92.5 Å². The highest BCUT2D eigenvalue weighted by molar-refractivity contribution is 5.65. The lowest BCUT2D eigenvalue weighted by molar-refractivity contribution is 0.398. The van der Waals surface area contributed by atoms with Crippen LogP contribution in [0, 0.1) is 0 Å². The highest BCUT2D eigenvalue weighted by Crippen LogP contribution is 2.26. The summed E-state index contributed by atoms with van der Waals surface area (Å²) in [7, 11) is 1.59. The highest BCUT2D eigenvalue weighted by Gasteiger charge is 2.16. The fourth-order valence-corrected chi connectivity index (χ4v) is 3.51. The maximum atomic E-state index is 5.21. The fraction of sp³-hybridized carbons (Fsp3) is 0.238. The maximum absolute atomic E-state index is 5.21. The minimum atomic E-state index is 0.476. The number of rotatable bonds is 6. The average Bonchev–Trinajstić information content (AvgIpc) is 3.45. The van der Waals surface area contributed by atoms with Crippen LogP contribution in [0.2, 0.25) is 0 Å². The molecule has 0 spiro atoms. The first-order chi connectivity index (χ1) is 14.8. The quantitative estimate of drug-likeness (QED) is 0.505. The molecule has 0 aliphatic carbocycles. The molecule has 30 heavy (non-hydrogen) atoms. The molecule has 2 N–H and O–H groups in total. The van der Waals surface area contributed by atoms with E-state index in [0.717, 1.165) is 30.2 Å². The predicted octanol–water partition coefficient (Wildman–Crippen LogP) is 3.62. The summed E-state index contributed by atoms with van der Waals surface area (Å²) in [6.45, 7) is 1.99. The van der Waals surface area contributed by atoms with Crippen LogP contribution in [-0.2, 0) is 0 Å². The number of fused-ring (bicyclic) bond motifs is 1. The molecule has 1 aliphatic heterocycles. The third kappa shape index (κ3) is 3.82. The molecule has 5 rings (SSSR count). The van der Waals surface area contributed by atoms with Crippen molar-refractivity contribution in [3.8, 4) is 5.88 Å². The molecule has 152 valence electrons. The van der Waals surface area contributed by atoms with Crippen LogP contribution >= 0.6 is 0 Å². The first kappa shape index (κ1) is 18.2. The van der Waals surface area contributed by atoms with E-state index in [0.29, 0.717) is 23.5 Å². The van der Waals surface area contributed by atoms with E-state index in [1.54, 1.807) is 19.4 Å². The number of pyridine rings is 2. The molecule has 4 aromatic rings. The van der Waals surface area contributed by atoms with E-state index >= 15 is 0 Å². The van der Waals surface area contributed by atoms with Crippen molar-refractivity contribution in [2.24, 2.45) is 0 Å². The van der Waals surface area contributed by atoms with E-state index < -0.39 is 0 Å². The second-order valence-electron chi connectivity index (χ2n) is 7.05. The summed E-state index contributed by atoms with van der Waals surface area (Å²) >= 11 is 0. The Morgan fingerprint density at radius 3 is 2.70 bits per heavy atom. The van der Waals surface area contributed by atoms with Gasteiger partial charge in [0.25, 0.3) is 0 Å². The summed E-state index contributed by atoms with van der Waals surface area (Å²) < 4.78 is 7.17. The van der Waals surface area contributed by atoms with Crippen LogP contribution in [0.3, 0.4) is 0 Å². The number of aromatic nitrogens is 5. The molecule has 0 atom stereocenters. The molecule has 9 nitrogen and oxygen atoms in total. The number of methoxy groups -OCH3 is 1. The Bertz CT molecular complexity index is 1170. The van der Waals surface area contributed by atoms with E-state index in [-0.39, 0.29) is 0 Å². The van der Waals surface area contributed by atoms with Crippen molar-refractivity contribution < 1.29 is 4.74 Å². The van der Waals surface area contributed by atoms with Crippen LogP contribution < -0.4 is 20.3 Å². The number of hydrogen-bond acceptors (Lipinski definition) is 8. The molecular weight excluding hydrogens is 380 g/mol. The van der Waals surface area contributed by atoms with Gasteiger partial charge in [0.05, 0.1) is 7.11 Å². The third-order valence-corrected chi connectivity index (χ3v) is 4.99. The van der Waals surface area contributed by atoms with Gasteiger partial charge in [-0.2, -0.15) is 15.0 Å². The number of imidazole rings is 1. The normalized spacial score (nSPS) is 13.6. The number of nitrogens with zero attached hydrogens (tertiary/aromatic N) is 6. The van der Waals surface area contributed by atoms with Crippen molar-refractivity contribution in [3.63, 3.8) is 0 Å². The van der Waals surface area contributed by atoms with E-state index in [2.05, 4.69) is 30.5 Å². The van der Waals surface area contributed by atoms with Crippen molar-refractivity contribution in [2.75, 3.05) is 35.7 Å². The average molecular weight is 402 g/mol. The molecule has 0 aromatic carbocycles. The van der Waals surface area contributed by atoms with Crippen LogP contribution in [-0.4, -0.2) is 44.5 Å². The third-order valence-electron chi connectivity index (χ3n) is 4.99. The zero-order valence-electron chi connectivity index (χ0n) is 16.6. The Balaban J connectivity index is 1.47. The van der Waals surface area contributed by atoms with Gasteiger partial charge in [-0.25, -0.2) is 4.98 Å². The highest BCUT2D eigenvalue weighted by atomic mass is 16.5. The first-order valence-corrected chi connectivity index (χ1v) is 9.89. The Labute approximate surface area is 173 Å². The van der Waals surface area contributed by atoms with Crippen LogP contribution in [0.25, 0.3) is 5.65 Å².